The maximum Gasteiger partial charge on any atom is 0.300 e. The summed E-state index contributed by atoms with van der Waals surface area (Å²) in [7, 11) is 2.93. The van der Waals surface area contributed by atoms with Gasteiger partial charge in [0.25, 0.3) is 11.7 Å². The summed E-state index contributed by atoms with van der Waals surface area (Å²) in [5.41, 5.74) is 2.20. The van der Waals surface area contributed by atoms with E-state index in [4.69, 9.17) is 9.47 Å². The number of aliphatic hydroxyl groups excluding tert-OH is 1. The van der Waals surface area contributed by atoms with Crippen molar-refractivity contribution in [2.75, 3.05) is 37.1 Å². The summed E-state index contributed by atoms with van der Waals surface area (Å²) in [6, 6.07) is 17.0. The normalized spacial score (nSPS) is 19.2. The Hall–Kier alpha value is -4.33. The van der Waals surface area contributed by atoms with Gasteiger partial charge in [0.15, 0.2) is 0 Å². The Morgan fingerprint density at radius 2 is 1.51 bits per heavy atom. The molecule has 1 N–H and O–H groups in total. The quantitative estimate of drug-likeness (QED) is 0.298. The van der Waals surface area contributed by atoms with Gasteiger partial charge in [-0.1, -0.05) is 12.1 Å². The predicted molar refractivity (Wildman–Crippen MR) is 141 cm³/mol. The number of rotatable bonds is 6. The average Bonchev–Trinajstić information content (AvgIpc) is 3.23. The molecule has 0 aliphatic carbocycles. The van der Waals surface area contributed by atoms with Crippen LogP contribution in [-0.4, -0.2) is 49.1 Å². The zero-order valence-corrected chi connectivity index (χ0v) is 20.9. The maximum absolute atomic E-state index is 13.5. The third-order valence-electron chi connectivity index (χ3n) is 6.93. The van der Waals surface area contributed by atoms with E-state index < -0.39 is 17.7 Å². The number of amides is 1. The van der Waals surface area contributed by atoms with Gasteiger partial charge in [0.2, 0.25) is 0 Å². The lowest BCUT2D eigenvalue weighted by Gasteiger charge is -2.30. The Bertz CT molecular complexity index is 1310. The van der Waals surface area contributed by atoms with Crippen LogP contribution in [0.4, 0.5) is 11.4 Å². The van der Waals surface area contributed by atoms with E-state index in [0.717, 1.165) is 31.6 Å². The highest BCUT2D eigenvalue weighted by atomic mass is 16.5. The van der Waals surface area contributed by atoms with Crippen LogP contribution in [0.5, 0.6) is 11.5 Å². The first-order valence-electron chi connectivity index (χ1n) is 12.3. The molecule has 190 valence electrons. The zero-order chi connectivity index (χ0) is 25.9. The minimum Gasteiger partial charge on any atom is -0.506 e. The summed E-state index contributed by atoms with van der Waals surface area (Å²) < 4.78 is 10.9. The van der Waals surface area contributed by atoms with Crippen LogP contribution in [0, 0.1) is 0 Å². The Labute approximate surface area is 215 Å². The van der Waals surface area contributed by atoms with Gasteiger partial charge in [-0.25, -0.2) is 0 Å². The van der Waals surface area contributed by atoms with Gasteiger partial charge in [0.05, 0.1) is 25.5 Å². The van der Waals surface area contributed by atoms with Gasteiger partial charge in [-0.15, -0.1) is 0 Å². The molecule has 8 nitrogen and oxygen atoms in total. The third-order valence-corrected chi connectivity index (χ3v) is 6.93. The van der Waals surface area contributed by atoms with Gasteiger partial charge < -0.3 is 19.5 Å². The monoisotopic (exact) mass is 499 g/mol. The minimum absolute atomic E-state index is 0.0772. The summed E-state index contributed by atoms with van der Waals surface area (Å²) in [5, 5.41) is 11.5. The highest BCUT2D eigenvalue weighted by molar-refractivity contribution is 6.51. The fraction of sp³-hybridized carbons (Fsp3) is 0.276. The van der Waals surface area contributed by atoms with Crippen molar-refractivity contribution in [3.05, 3.63) is 83.7 Å². The van der Waals surface area contributed by atoms with Crippen LogP contribution in [-0.2, 0) is 9.59 Å². The Balaban J connectivity index is 1.64. The summed E-state index contributed by atoms with van der Waals surface area (Å²) in [4.78, 5) is 35.1. The number of aliphatic hydroxyl groups is 1. The number of carbonyl (C=O) groups is 2. The van der Waals surface area contributed by atoms with Crippen molar-refractivity contribution < 1.29 is 24.2 Å². The lowest BCUT2D eigenvalue weighted by atomic mass is 9.97. The molecule has 8 heteroatoms. The number of methoxy groups -OCH3 is 2. The van der Waals surface area contributed by atoms with E-state index in [1.807, 2.05) is 24.3 Å². The number of benzene rings is 2. The average molecular weight is 500 g/mol. The largest absolute Gasteiger partial charge is 0.506 e. The molecule has 1 amide bonds. The molecular formula is C29H29N3O5. The van der Waals surface area contributed by atoms with E-state index >= 15 is 0 Å². The number of hydrogen-bond acceptors (Lipinski definition) is 7. The van der Waals surface area contributed by atoms with E-state index in [1.54, 1.807) is 42.6 Å². The second-order valence-electron chi connectivity index (χ2n) is 9.03. The van der Waals surface area contributed by atoms with E-state index in [-0.39, 0.29) is 16.9 Å². The molecule has 37 heavy (non-hydrogen) atoms. The SMILES string of the molecule is COc1cccc(OC)c1/C(O)=C1\C(=O)C(=O)N(c2ccc(N3CCCCC3)cc2)C1c1ccccn1. The number of nitrogens with zero attached hydrogens (tertiary/aromatic N) is 3. The van der Waals surface area contributed by atoms with E-state index in [1.165, 1.54) is 25.5 Å². The second kappa shape index (κ2) is 10.3. The van der Waals surface area contributed by atoms with Crippen molar-refractivity contribution in [3.63, 3.8) is 0 Å². The molecule has 1 aromatic heterocycles. The second-order valence-corrected chi connectivity index (χ2v) is 9.03. The maximum atomic E-state index is 13.5. The van der Waals surface area contributed by atoms with Crippen LogP contribution in [0.15, 0.2) is 72.4 Å². The Morgan fingerprint density at radius 3 is 2.11 bits per heavy atom. The predicted octanol–water partition coefficient (Wildman–Crippen LogP) is 4.72. The number of pyridine rings is 1. The van der Waals surface area contributed by atoms with Gasteiger partial charge in [0.1, 0.15) is 28.9 Å². The van der Waals surface area contributed by atoms with Gasteiger partial charge >= 0.3 is 0 Å². The van der Waals surface area contributed by atoms with Gasteiger partial charge in [0, 0.05) is 30.7 Å². The molecule has 0 radical (unpaired) electrons. The van der Waals surface area contributed by atoms with E-state index in [2.05, 4.69) is 9.88 Å². The lowest BCUT2D eigenvalue weighted by Crippen LogP contribution is -2.31. The van der Waals surface area contributed by atoms with Crippen LogP contribution in [0.1, 0.15) is 36.6 Å². The number of anilines is 2. The van der Waals surface area contributed by atoms with E-state index in [9.17, 15) is 14.7 Å². The zero-order valence-electron chi connectivity index (χ0n) is 20.9. The molecule has 3 aromatic rings. The summed E-state index contributed by atoms with van der Waals surface area (Å²) in [5.74, 6) is -1.30. The molecule has 2 fully saturated rings. The first-order valence-corrected chi connectivity index (χ1v) is 12.3. The molecule has 3 heterocycles. The van der Waals surface area contributed by atoms with Crippen LogP contribution in [0.3, 0.4) is 0 Å². The third kappa shape index (κ3) is 4.39. The number of carbonyl (C=O) groups excluding carboxylic acids is 2. The van der Waals surface area contributed by atoms with Crippen LogP contribution < -0.4 is 19.3 Å². The number of piperidine rings is 1. The molecule has 5 rings (SSSR count). The van der Waals surface area contributed by atoms with Crippen molar-refractivity contribution >= 4 is 28.8 Å². The van der Waals surface area contributed by atoms with Crippen molar-refractivity contribution in [2.24, 2.45) is 0 Å². The van der Waals surface area contributed by atoms with Gasteiger partial charge in [-0.3, -0.25) is 19.5 Å². The first-order chi connectivity index (χ1) is 18.0. The molecule has 0 bridgehead atoms. The molecular weight excluding hydrogens is 470 g/mol. The fourth-order valence-electron chi connectivity index (χ4n) is 5.11. The van der Waals surface area contributed by atoms with Crippen molar-refractivity contribution in [1.82, 2.24) is 4.98 Å². The van der Waals surface area contributed by atoms with Crippen molar-refractivity contribution in [3.8, 4) is 11.5 Å². The summed E-state index contributed by atoms with van der Waals surface area (Å²) in [6.45, 7) is 2.00. The molecule has 2 aromatic carbocycles. The number of hydrogen-bond donors (Lipinski definition) is 1. The molecule has 2 aliphatic heterocycles. The summed E-state index contributed by atoms with van der Waals surface area (Å²) >= 11 is 0. The van der Waals surface area contributed by atoms with Gasteiger partial charge in [-0.05, 0) is 67.8 Å². The highest BCUT2D eigenvalue weighted by Gasteiger charge is 2.48. The molecule has 2 aliphatic rings. The standard InChI is InChI=1S/C29H29N3O5/c1-36-22-10-8-11-23(37-2)24(22)27(33)25-26(21-9-4-5-16-30-21)32(29(35)28(25)34)20-14-12-19(13-15-20)31-17-6-3-7-18-31/h4-5,8-16,26,33H,3,6-7,17-18H2,1-2H3/b27-25+. The lowest BCUT2D eigenvalue weighted by molar-refractivity contribution is -0.132. The van der Waals surface area contributed by atoms with Crippen LogP contribution in [0.25, 0.3) is 5.76 Å². The number of Topliss-reactive ketones (excluding diaryl/α,β-unsaturated/α-hetero) is 1. The van der Waals surface area contributed by atoms with Crippen LogP contribution in [0.2, 0.25) is 0 Å². The van der Waals surface area contributed by atoms with Gasteiger partial charge in [-0.2, -0.15) is 0 Å². The smallest absolute Gasteiger partial charge is 0.300 e. The summed E-state index contributed by atoms with van der Waals surface area (Å²) in [6.07, 6.45) is 5.14. The Morgan fingerprint density at radius 1 is 0.865 bits per heavy atom. The molecule has 2 saturated heterocycles. The molecule has 1 atom stereocenters. The molecule has 1 unspecified atom stereocenters. The molecule has 0 saturated carbocycles. The molecule has 0 spiro atoms. The number of ether oxygens (including phenoxy) is 2. The van der Waals surface area contributed by atoms with Crippen LogP contribution >= 0.6 is 0 Å². The van der Waals surface area contributed by atoms with E-state index in [0.29, 0.717) is 22.9 Å². The van der Waals surface area contributed by atoms with Crippen molar-refractivity contribution in [2.45, 2.75) is 25.3 Å². The van der Waals surface area contributed by atoms with Crippen molar-refractivity contribution in [1.29, 1.82) is 0 Å². The number of aromatic nitrogens is 1. The fourth-order valence-corrected chi connectivity index (χ4v) is 5.11. The first kappa shape index (κ1) is 24.4. The topological polar surface area (TPSA) is 92.2 Å². The number of ketones is 1. The Kier molecular flexibility index (Phi) is 6.81. The minimum atomic E-state index is -0.934. The highest BCUT2D eigenvalue weighted by Crippen LogP contribution is 2.44.